The Labute approximate surface area is 145 Å². The summed E-state index contributed by atoms with van der Waals surface area (Å²) in [6.07, 6.45) is 6.05. The molecule has 0 spiro atoms. The Morgan fingerprint density at radius 3 is 2.76 bits per heavy atom. The zero-order valence-electron chi connectivity index (χ0n) is 14.1. The fourth-order valence-corrected chi connectivity index (χ4v) is 2.38. The number of hydrogen-bond donors (Lipinski definition) is 1. The van der Waals surface area contributed by atoms with Crippen LogP contribution < -0.4 is 15.2 Å². The number of pyridine rings is 2. The number of hydrogen-bond acceptors (Lipinski definition) is 6. The van der Waals surface area contributed by atoms with Gasteiger partial charge in [-0.25, -0.2) is 14.5 Å². The largest absolute Gasteiger partial charge is 0.492 e. The smallest absolute Gasteiger partial charge is 0.200 e. The second-order valence-electron chi connectivity index (χ2n) is 6.52. The van der Waals surface area contributed by atoms with E-state index in [1.807, 2.05) is 37.4 Å². The lowest BCUT2D eigenvalue weighted by Crippen LogP contribution is -2.23. The average molecular weight is 339 g/mol. The summed E-state index contributed by atoms with van der Waals surface area (Å²) in [5.74, 6) is 2.77. The van der Waals surface area contributed by atoms with Gasteiger partial charge in [0, 0.05) is 6.04 Å². The van der Waals surface area contributed by atoms with E-state index in [4.69, 9.17) is 15.2 Å². The molecule has 7 heteroatoms. The van der Waals surface area contributed by atoms with Gasteiger partial charge in [0.25, 0.3) is 0 Å². The first kappa shape index (κ1) is 15.8. The van der Waals surface area contributed by atoms with Gasteiger partial charge in [-0.15, -0.1) is 5.10 Å². The van der Waals surface area contributed by atoms with Gasteiger partial charge in [0.05, 0.1) is 19.0 Å². The number of ether oxygens (including phenoxy) is 2. The molecule has 3 aromatic rings. The van der Waals surface area contributed by atoms with E-state index >= 15 is 0 Å². The maximum absolute atomic E-state index is 5.78. The molecule has 4 rings (SSSR count). The van der Waals surface area contributed by atoms with Crippen molar-refractivity contribution in [1.29, 1.82) is 0 Å². The predicted molar refractivity (Wildman–Crippen MR) is 93.6 cm³/mol. The van der Waals surface area contributed by atoms with Crippen molar-refractivity contribution in [3.05, 3.63) is 36.7 Å². The summed E-state index contributed by atoms with van der Waals surface area (Å²) in [5, 5.41) is 4.49. The van der Waals surface area contributed by atoms with Crippen molar-refractivity contribution in [2.24, 2.45) is 11.7 Å². The van der Waals surface area contributed by atoms with Crippen molar-refractivity contribution >= 4 is 5.65 Å². The second kappa shape index (κ2) is 6.68. The van der Waals surface area contributed by atoms with Crippen molar-refractivity contribution in [1.82, 2.24) is 19.6 Å². The second-order valence-corrected chi connectivity index (χ2v) is 6.52. The minimum atomic E-state index is -0.0175. The first-order valence-electron chi connectivity index (χ1n) is 8.51. The van der Waals surface area contributed by atoms with Gasteiger partial charge in [-0.05, 0) is 49.9 Å². The molecular formula is C18H21N5O2. The van der Waals surface area contributed by atoms with Crippen molar-refractivity contribution in [2.45, 2.75) is 25.8 Å². The summed E-state index contributed by atoms with van der Waals surface area (Å²) in [6, 6.07) is 7.50. The molecule has 0 aromatic carbocycles. The molecule has 0 bridgehead atoms. The summed E-state index contributed by atoms with van der Waals surface area (Å²) in [4.78, 5) is 8.89. The van der Waals surface area contributed by atoms with Gasteiger partial charge >= 0.3 is 0 Å². The molecule has 25 heavy (non-hydrogen) atoms. The van der Waals surface area contributed by atoms with E-state index in [9.17, 15) is 0 Å². The Bertz CT molecular complexity index is 856. The molecule has 1 atom stereocenters. The molecule has 3 aromatic heterocycles. The quantitative estimate of drug-likeness (QED) is 0.711. The zero-order chi connectivity index (χ0) is 17.2. The zero-order valence-corrected chi connectivity index (χ0v) is 14.1. The van der Waals surface area contributed by atoms with E-state index < -0.39 is 0 Å². The SMILES string of the molecule is CC(N)COc1ccc(-c2nc3ccc(OCC4CC4)cn3n2)nc1. The van der Waals surface area contributed by atoms with Crippen LogP contribution in [0.25, 0.3) is 17.2 Å². The maximum atomic E-state index is 5.78. The highest BCUT2D eigenvalue weighted by atomic mass is 16.5. The Hall–Kier alpha value is -2.67. The lowest BCUT2D eigenvalue weighted by Gasteiger charge is -2.07. The molecule has 0 radical (unpaired) electrons. The minimum Gasteiger partial charge on any atom is -0.492 e. The van der Waals surface area contributed by atoms with Crippen LogP contribution in [0.4, 0.5) is 0 Å². The van der Waals surface area contributed by atoms with E-state index in [1.165, 1.54) is 12.8 Å². The summed E-state index contributed by atoms with van der Waals surface area (Å²) in [5.41, 5.74) is 7.13. The van der Waals surface area contributed by atoms with E-state index in [1.54, 1.807) is 10.7 Å². The predicted octanol–water partition coefficient (Wildman–Crippen LogP) is 2.31. The fourth-order valence-electron chi connectivity index (χ4n) is 2.38. The molecule has 1 aliphatic rings. The lowest BCUT2D eigenvalue weighted by molar-refractivity contribution is 0.295. The van der Waals surface area contributed by atoms with Crippen LogP contribution in [0.3, 0.4) is 0 Å². The Balaban J connectivity index is 1.50. The van der Waals surface area contributed by atoms with Crippen molar-refractivity contribution in [3.8, 4) is 23.0 Å². The van der Waals surface area contributed by atoms with Gasteiger partial charge in [0.15, 0.2) is 5.65 Å². The first-order valence-corrected chi connectivity index (χ1v) is 8.51. The molecule has 1 fully saturated rings. The van der Waals surface area contributed by atoms with Gasteiger partial charge in [0.2, 0.25) is 5.82 Å². The van der Waals surface area contributed by atoms with Gasteiger partial charge in [-0.1, -0.05) is 0 Å². The third kappa shape index (κ3) is 3.88. The van der Waals surface area contributed by atoms with Gasteiger partial charge in [-0.2, -0.15) is 0 Å². The minimum absolute atomic E-state index is 0.0175. The van der Waals surface area contributed by atoms with Crippen LogP contribution in [0, 0.1) is 5.92 Å². The highest BCUT2D eigenvalue weighted by Gasteiger charge is 2.22. The molecule has 2 N–H and O–H groups in total. The summed E-state index contributed by atoms with van der Waals surface area (Å²) >= 11 is 0. The van der Waals surface area contributed by atoms with Gasteiger partial charge in [0.1, 0.15) is 23.8 Å². The van der Waals surface area contributed by atoms with E-state index in [0.717, 1.165) is 18.0 Å². The molecule has 0 aliphatic heterocycles. The highest BCUT2D eigenvalue weighted by Crippen LogP contribution is 2.29. The van der Waals surface area contributed by atoms with Crippen molar-refractivity contribution in [3.63, 3.8) is 0 Å². The molecule has 0 saturated heterocycles. The van der Waals surface area contributed by atoms with Gasteiger partial charge in [-0.3, -0.25) is 0 Å². The number of fused-ring (bicyclic) bond motifs is 1. The molecule has 1 aliphatic carbocycles. The topological polar surface area (TPSA) is 87.6 Å². The molecule has 7 nitrogen and oxygen atoms in total. The lowest BCUT2D eigenvalue weighted by atomic mass is 10.3. The molecular weight excluding hydrogens is 318 g/mol. The molecule has 130 valence electrons. The van der Waals surface area contributed by atoms with E-state index in [2.05, 4.69) is 15.1 Å². The fraction of sp³-hybridized carbons (Fsp3) is 0.389. The van der Waals surface area contributed by atoms with E-state index in [-0.39, 0.29) is 6.04 Å². The maximum Gasteiger partial charge on any atom is 0.200 e. The van der Waals surface area contributed by atoms with Crippen molar-refractivity contribution < 1.29 is 9.47 Å². The molecule has 1 unspecified atom stereocenters. The van der Waals surface area contributed by atoms with E-state index in [0.29, 0.717) is 29.8 Å². The standard InChI is InChI=1S/C18H21N5O2/c1-12(19)10-24-14-4-6-16(20-8-14)18-21-17-7-5-15(9-23(17)22-18)25-11-13-2-3-13/h4-9,12-13H,2-3,10-11,19H2,1H3. The van der Waals surface area contributed by atoms with Crippen LogP contribution in [0.15, 0.2) is 36.7 Å². The molecule has 1 saturated carbocycles. The van der Waals surface area contributed by atoms with Crippen LogP contribution in [0.2, 0.25) is 0 Å². The summed E-state index contributed by atoms with van der Waals surface area (Å²) in [6.45, 7) is 3.12. The Kier molecular flexibility index (Phi) is 4.23. The first-order chi connectivity index (χ1) is 12.2. The van der Waals surface area contributed by atoms with Gasteiger partial charge < -0.3 is 15.2 Å². The summed E-state index contributed by atoms with van der Waals surface area (Å²) in [7, 11) is 0. The normalized spacial score (nSPS) is 15.3. The van der Waals surface area contributed by atoms with Crippen LogP contribution in [0.5, 0.6) is 11.5 Å². The van der Waals surface area contributed by atoms with Crippen LogP contribution in [-0.4, -0.2) is 38.8 Å². The summed E-state index contributed by atoms with van der Waals surface area (Å²) < 4.78 is 13.0. The third-order valence-electron chi connectivity index (χ3n) is 3.96. The van der Waals surface area contributed by atoms with Crippen molar-refractivity contribution in [2.75, 3.05) is 13.2 Å². The molecule has 0 amide bonds. The number of aromatic nitrogens is 4. The number of nitrogens with zero attached hydrogens (tertiary/aromatic N) is 4. The van der Waals surface area contributed by atoms with Crippen LogP contribution in [-0.2, 0) is 0 Å². The average Bonchev–Trinajstić information content (AvgIpc) is 3.35. The monoisotopic (exact) mass is 339 g/mol. The molecule has 3 heterocycles. The number of rotatable bonds is 7. The highest BCUT2D eigenvalue weighted by molar-refractivity contribution is 5.54. The Morgan fingerprint density at radius 1 is 1.20 bits per heavy atom. The van der Waals surface area contributed by atoms with Crippen LogP contribution >= 0.6 is 0 Å². The number of nitrogens with two attached hydrogens (primary N) is 1. The third-order valence-corrected chi connectivity index (χ3v) is 3.96. The Morgan fingerprint density at radius 2 is 2.04 bits per heavy atom. The van der Waals surface area contributed by atoms with Crippen LogP contribution in [0.1, 0.15) is 19.8 Å².